The highest BCUT2D eigenvalue weighted by molar-refractivity contribution is 8.00. The van der Waals surface area contributed by atoms with Gasteiger partial charge in [-0.2, -0.15) is 10.5 Å². The lowest BCUT2D eigenvalue weighted by molar-refractivity contribution is 0.102. The number of hydrogen-bond donors (Lipinski definition) is 1. The minimum Gasteiger partial charge on any atom is -0.454 e. The number of carbonyl (C=O) groups excluding carboxylic acids is 1. The van der Waals surface area contributed by atoms with Crippen LogP contribution in [-0.2, 0) is 0 Å². The molecule has 0 bridgehead atoms. The van der Waals surface area contributed by atoms with Crippen molar-refractivity contribution in [3.63, 3.8) is 0 Å². The number of ketones is 1. The number of carbonyl (C=O) groups is 1. The molecule has 0 spiro atoms. The Bertz CT molecular complexity index is 1300. The Morgan fingerprint density at radius 1 is 1.16 bits per heavy atom. The first-order chi connectivity index (χ1) is 14.9. The molecule has 8 nitrogen and oxygen atoms in total. The maximum Gasteiger partial charge on any atom is 0.231 e. The lowest BCUT2D eigenvalue weighted by Crippen LogP contribution is -2.07. The fraction of sp³-hybridized carbons (Fsp3) is 0.182. The summed E-state index contributed by atoms with van der Waals surface area (Å²) in [6.45, 7) is 4.01. The van der Waals surface area contributed by atoms with Crippen LogP contribution in [-0.4, -0.2) is 27.9 Å². The third-order valence-electron chi connectivity index (χ3n) is 4.94. The summed E-state index contributed by atoms with van der Waals surface area (Å²) in [5.41, 5.74) is 9.28. The molecule has 2 aromatic heterocycles. The number of benzene rings is 1. The van der Waals surface area contributed by atoms with E-state index in [1.165, 1.54) is 6.07 Å². The molecule has 0 saturated carbocycles. The summed E-state index contributed by atoms with van der Waals surface area (Å²) in [4.78, 5) is 17.1. The van der Waals surface area contributed by atoms with Crippen LogP contribution in [0, 0.1) is 36.5 Å². The lowest BCUT2D eigenvalue weighted by Gasteiger charge is -2.11. The van der Waals surface area contributed by atoms with Crippen LogP contribution >= 0.6 is 11.8 Å². The second kappa shape index (κ2) is 8.05. The maximum absolute atomic E-state index is 13.0. The smallest absolute Gasteiger partial charge is 0.231 e. The number of thioether (sulfide) groups is 1. The van der Waals surface area contributed by atoms with Gasteiger partial charge in [-0.1, -0.05) is 11.8 Å². The van der Waals surface area contributed by atoms with Crippen molar-refractivity contribution in [2.45, 2.75) is 18.9 Å². The van der Waals surface area contributed by atoms with Crippen molar-refractivity contribution >= 4 is 23.4 Å². The summed E-state index contributed by atoms with van der Waals surface area (Å²) in [7, 11) is 0. The highest BCUT2D eigenvalue weighted by Gasteiger charge is 2.20. The molecular weight excluding hydrogens is 414 g/mol. The molecule has 31 heavy (non-hydrogen) atoms. The van der Waals surface area contributed by atoms with Crippen molar-refractivity contribution in [2.75, 3.05) is 18.3 Å². The fourth-order valence-electron chi connectivity index (χ4n) is 3.47. The van der Waals surface area contributed by atoms with Gasteiger partial charge in [0, 0.05) is 28.7 Å². The Morgan fingerprint density at radius 3 is 2.65 bits per heavy atom. The molecule has 0 atom stereocenters. The standard InChI is InChI=1S/C22H17N5O3S/c1-12-5-17(13(2)27(12)16-3-4-19-20(7-16)30-11-29-19)18(28)10-31-22-15(9-24)6-14(8-23)21(25)26-22/h3-7H,10-11H2,1-2H3,(H2,25,26). The van der Waals surface area contributed by atoms with Gasteiger partial charge < -0.3 is 19.8 Å². The predicted molar refractivity (Wildman–Crippen MR) is 114 cm³/mol. The number of nitrogens with two attached hydrogens (primary N) is 1. The van der Waals surface area contributed by atoms with Crippen LogP contribution in [0.25, 0.3) is 5.69 Å². The Labute approximate surface area is 182 Å². The quantitative estimate of drug-likeness (QED) is 0.480. The maximum atomic E-state index is 13.0. The van der Waals surface area contributed by atoms with E-state index in [1.807, 2.05) is 54.8 Å². The molecule has 4 rings (SSSR count). The molecule has 3 aromatic rings. The fourth-order valence-corrected chi connectivity index (χ4v) is 4.31. The van der Waals surface area contributed by atoms with Gasteiger partial charge in [0.1, 0.15) is 23.0 Å². The Morgan fingerprint density at radius 2 is 1.90 bits per heavy atom. The van der Waals surface area contributed by atoms with Crippen molar-refractivity contribution in [1.29, 1.82) is 10.5 Å². The van der Waals surface area contributed by atoms with Crippen LogP contribution in [0.4, 0.5) is 5.82 Å². The first-order valence-corrected chi connectivity index (χ1v) is 10.3. The molecule has 0 amide bonds. The minimum absolute atomic E-state index is 0.0393. The van der Waals surface area contributed by atoms with Crippen molar-refractivity contribution in [2.24, 2.45) is 0 Å². The largest absolute Gasteiger partial charge is 0.454 e. The zero-order chi connectivity index (χ0) is 22.1. The molecule has 2 N–H and O–H groups in total. The summed E-state index contributed by atoms with van der Waals surface area (Å²) in [6, 6.07) is 12.8. The molecule has 0 saturated heterocycles. The molecule has 1 aliphatic heterocycles. The monoisotopic (exact) mass is 431 g/mol. The van der Waals surface area contributed by atoms with E-state index in [0.717, 1.165) is 28.8 Å². The van der Waals surface area contributed by atoms with Crippen LogP contribution in [0.2, 0.25) is 0 Å². The van der Waals surface area contributed by atoms with Crippen LogP contribution in [0.3, 0.4) is 0 Å². The summed E-state index contributed by atoms with van der Waals surface area (Å²) in [5, 5.41) is 18.7. The number of hydrogen-bond acceptors (Lipinski definition) is 8. The van der Waals surface area contributed by atoms with Gasteiger partial charge in [-0.15, -0.1) is 0 Å². The van der Waals surface area contributed by atoms with Gasteiger partial charge in [0.15, 0.2) is 17.3 Å². The van der Waals surface area contributed by atoms with Gasteiger partial charge in [-0.3, -0.25) is 4.79 Å². The van der Waals surface area contributed by atoms with Gasteiger partial charge in [-0.25, -0.2) is 4.98 Å². The summed E-state index contributed by atoms with van der Waals surface area (Å²) < 4.78 is 12.8. The predicted octanol–water partition coefficient (Wildman–Crippen LogP) is 3.52. The SMILES string of the molecule is Cc1cc(C(=O)CSc2nc(N)c(C#N)cc2C#N)c(C)n1-c1ccc2c(c1)OCO2. The topological polar surface area (TPSA) is 127 Å². The van der Waals surface area contributed by atoms with E-state index in [4.69, 9.17) is 20.5 Å². The number of ether oxygens (including phenoxy) is 2. The Kier molecular flexibility index (Phi) is 5.28. The van der Waals surface area contributed by atoms with Crippen molar-refractivity contribution in [3.05, 3.63) is 58.4 Å². The van der Waals surface area contributed by atoms with E-state index in [0.29, 0.717) is 22.1 Å². The second-order valence-electron chi connectivity index (χ2n) is 6.87. The Hall–Kier alpha value is -3.95. The molecule has 154 valence electrons. The molecule has 1 aliphatic rings. The molecule has 0 aliphatic carbocycles. The zero-order valence-corrected chi connectivity index (χ0v) is 17.6. The second-order valence-corrected chi connectivity index (χ2v) is 7.83. The number of anilines is 1. The summed E-state index contributed by atoms with van der Waals surface area (Å²) >= 11 is 1.13. The highest BCUT2D eigenvalue weighted by Crippen LogP contribution is 2.35. The molecule has 9 heteroatoms. The molecule has 1 aromatic carbocycles. The number of nitrogens with zero attached hydrogens (tertiary/aromatic N) is 4. The van der Waals surface area contributed by atoms with E-state index in [-0.39, 0.29) is 35.3 Å². The highest BCUT2D eigenvalue weighted by atomic mass is 32.2. The molecule has 0 unspecified atom stereocenters. The van der Waals surface area contributed by atoms with Crippen LogP contribution in [0.5, 0.6) is 11.5 Å². The van der Waals surface area contributed by atoms with Gasteiger partial charge in [0.2, 0.25) is 6.79 Å². The molecule has 0 fully saturated rings. The van der Waals surface area contributed by atoms with E-state index >= 15 is 0 Å². The van der Waals surface area contributed by atoms with E-state index in [1.54, 1.807) is 0 Å². The van der Waals surface area contributed by atoms with Crippen molar-refractivity contribution in [1.82, 2.24) is 9.55 Å². The number of rotatable bonds is 5. The number of nitriles is 2. The van der Waals surface area contributed by atoms with Gasteiger partial charge in [-0.05, 0) is 38.1 Å². The number of aryl methyl sites for hydroxylation is 1. The van der Waals surface area contributed by atoms with Gasteiger partial charge in [0.05, 0.1) is 16.9 Å². The molecular formula is C22H17N5O3S. The molecule has 0 radical (unpaired) electrons. The van der Waals surface area contributed by atoms with Crippen LogP contribution < -0.4 is 15.2 Å². The van der Waals surface area contributed by atoms with Crippen LogP contribution in [0.1, 0.15) is 32.9 Å². The third kappa shape index (κ3) is 3.67. The van der Waals surface area contributed by atoms with Gasteiger partial charge in [0.25, 0.3) is 0 Å². The number of pyridine rings is 1. The van der Waals surface area contributed by atoms with Crippen molar-refractivity contribution in [3.8, 4) is 29.3 Å². The van der Waals surface area contributed by atoms with E-state index < -0.39 is 0 Å². The molecule has 3 heterocycles. The number of fused-ring (bicyclic) bond motifs is 1. The first-order valence-electron chi connectivity index (χ1n) is 9.28. The van der Waals surface area contributed by atoms with Gasteiger partial charge >= 0.3 is 0 Å². The average Bonchev–Trinajstić information content (AvgIpc) is 3.35. The van der Waals surface area contributed by atoms with E-state index in [9.17, 15) is 10.1 Å². The normalized spacial score (nSPS) is 11.7. The zero-order valence-electron chi connectivity index (χ0n) is 16.8. The average molecular weight is 431 g/mol. The third-order valence-corrected chi connectivity index (χ3v) is 5.93. The summed E-state index contributed by atoms with van der Waals surface area (Å²) in [6.07, 6.45) is 0. The number of nitrogen functional groups attached to an aromatic ring is 1. The number of Topliss-reactive ketones (excluding diaryl/α,β-unsaturated/α-hetero) is 1. The Balaban J connectivity index is 1.58. The summed E-state index contributed by atoms with van der Waals surface area (Å²) in [5.74, 6) is 1.39. The van der Waals surface area contributed by atoms with Crippen molar-refractivity contribution < 1.29 is 14.3 Å². The van der Waals surface area contributed by atoms with Crippen LogP contribution in [0.15, 0.2) is 35.4 Å². The number of aromatic nitrogens is 2. The minimum atomic E-state index is -0.0984. The first kappa shape index (κ1) is 20.3. The lowest BCUT2D eigenvalue weighted by atomic mass is 10.2. The van der Waals surface area contributed by atoms with E-state index in [2.05, 4.69) is 4.98 Å².